The average Bonchev–Trinajstić information content (AvgIpc) is 3.19. The fraction of sp³-hybridized carbons (Fsp3) is 0.829. The molecule has 2 radical (unpaired) electrons. The summed E-state index contributed by atoms with van der Waals surface area (Å²) >= 11 is 0. The van der Waals surface area contributed by atoms with Crippen LogP contribution < -0.4 is 38.0 Å². The van der Waals surface area contributed by atoms with E-state index in [0.717, 1.165) is 38.5 Å². The fourth-order valence-electron chi connectivity index (χ4n) is 6.48. The summed E-state index contributed by atoms with van der Waals surface area (Å²) in [5.41, 5.74) is 12.0. The average molecular weight is 838 g/mol. The number of aliphatic carboxylic acids is 3. The van der Waals surface area contributed by atoms with Gasteiger partial charge in [0, 0.05) is 38.9 Å². The van der Waals surface area contributed by atoms with Crippen molar-refractivity contribution in [1.29, 1.82) is 0 Å². The van der Waals surface area contributed by atoms with Crippen molar-refractivity contribution in [2.45, 2.75) is 198 Å². The molecule has 0 aliphatic rings. The lowest BCUT2D eigenvalue weighted by atomic mass is 10.0. The molecule has 18 heteroatoms. The van der Waals surface area contributed by atoms with Crippen molar-refractivity contribution in [3.05, 3.63) is 0 Å². The van der Waals surface area contributed by atoms with E-state index < -0.39 is 42.1 Å². The topological polar surface area (TPSA) is 292 Å². The van der Waals surface area contributed by atoms with Crippen LogP contribution in [0.5, 0.6) is 0 Å². The van der Waals surface area contributed by atoms with Crippen LogP contribution in [-0.4, -0.2) is 109 Å². The third-order valence-electron chi connectivity index (χ3n) is 10.2. The van der Waals surface area contributed by atoms with Gasteiger partial charge in [-0.2, -0.15) is 0 Å². The monoisotopic (exact) mass is 838 g/mol. The van der Waals surface area contributed by atoms with Gasteiger partial charge in [0.15, 0.2) is 7.98 Å². The fourth-order valence-corrected chi connectivity index (χ4v) is 6.48. The highest BCUT2D eigenvalue weighted by Gasteiger charge is 2.21. The van der Waals surface area contributed by atoms with E-state index in [-0.39, 0.29) is 49.3 Å². The standard InChI is InChI=1S/C41H76BN7O10/c42-49-34(41(58)59)23-17-20-30-47-39(55)32(44)22-16-19-29-46-38(54)31(43)21-15-18-28-45-35(50)27-26-33(40(56)57)48-36(51)24-13-11-9-7-5-3-1-2-4-6-8-10-12-14-25-37(52)53/h31-34,49H,1-30,43-44H2,(H,45,50)(H,46,54)(H,47,55)(H,48,51)(H,52,53)(H,56,57)(H,58,59)/t31-,32?,33?,34?/m0/s1. The second-order valence-corrected chi connectivity index (χ2v) is 15.5. The molecule has 0 aromatic rings. The van der Waals surface area contributed by atoms with Gasteiger partial charge in [-0.1, -0.05) is 77.0 Å². The zero-order valence-corrected chi connectivity index (χ0v) is 35.5. The molecule has 4 amide bonds. The Hall–Kier alpha value is -3.77. The van der Waals surface area contributed by atoms with Crippen LogP contribution in [0.1, 0.15) is 173 Å². The molecule has 0 fully saturated rings. The van der Waals surface area contributed by atoms with Crippen molar-refractivity contribution < 1.29 is 48.9 Å². The SMILES string of the molecule is [B]NC(CCCCNC(=O)C(N)CCCCNC(=O)[C@@H](N)CCCCNC(=O)CCC(NC(=O)CCCCCCCCCCCCCCCCC(=O)O)C(=O)O)C(=O)O. The van der Waals surface area contributed by atoms with Crippen molar-refractivity contribution in [2.24, 2.45) is 11.5 Å². The van der Waals surface area contributed by atoms with E-state index >= 15 is 0 Å². The third kappa shape index (κ3) is 33.7. The van der Waals surface area contributed by atoms with Crippen LogP contribution in [0.3, 0.4) is 0 Å². The van der Waals surface area contributed by atoms with Gasteiger partial charge in [0.25, 0.3) is 0 Å². The minimum Gasteiger partial charge on any atom is -0.481 e. The van der Waals surface area contributed by atoms with Crippen LogP contribution in [-0.2, 0) is 33.6 Å². The van der Waals surface area contributed by atoms with Gasteiger partial charge in [-0.15, -0.1) is 0 Å². The molecular formula is C41H76BN7O10. The van der Waals surface area contributed by atoms with Gasteiger partial charge in [0.05, 0.1) is 18.1 Å². The van der Waals surface area contributed by atoms with Crippen molar-refractivity contribution in [1.82, 2.24) is 26.5 Å². The zero-order valence-electron chi connectivity index (χ0n) is 35.5. The summed E-state index contributed by atoms with van der Waals surface area (Å²) in [5, 5.41) is 40.2. The van der Waals surface area contributed by atoms with Gasteiger partial charge in [0.1, 0.15) is 6.04 Å². The Bertz CT molecular complexity index is 1200. The number of carbonyl (C=O) groups excluding carboxylic acids is 4. The number of hydrogen-bond donors (Lipinski definition) is 10. The number of carboxylic acids is 3. The number of rotatable bonds is 41. The Morgan fingerprint density at radius 1 is 0.424 bits per heavy atom. The van der Waals surface area contributed by atoms with Crippen LogP contribution >= 0.6 is 0 Å². The summed E-state index contributed by atoms with van der Waals surface area (Å²) < 4.78 is 0. The number of carbonyl (C=O) groups is 7. The Balaban J connectivity index is 3.87. The zero-order chi connectivity index (χ0) is 44.1. The van der Waals surface area contributed by atoms with E-state index in [2.05, 4.69) is 26.5 Å². The Kier molecular flexibility index (Phi) is 34.9. The lowest BCUT2D eigenvalue weighted by Crippen LogP contribution is -2.42. The molecule has 0 saturated heterocycles. The summed E-state index contributed by atoms with van der Waals surface area (Å²) in [6.45, 7) is 1.12. The van der Waals surface area contributed by atoms with Gasteiger partial charge in [-0.05, 0) is 77.0 Å². The summed E-state index contributed by atoms with van der Waals surface area (Å²) in [6.07, 6.45) is 20.3. The number of unbranched alkanes of at least 4 members (excludes halogenated alkanes) is 16. The molecule has 17 nitrogen and oxygen atoms in total. The summed E-state index contributed by atoms with van der Waals surface area (Å²) in [5.74, 6) is -4.15. The molecule has 0 heterocycles. The first-order valence-corrected chi connectivity index (χ1v) is 22.0. The van der Waals surface area contributed by atoms with E-state index in [0.29, 0.717) is 83.8 Å². The number of nitrogens with two attached hydrogens (primary N) is 2. The minimum absolute atomic E-state index is 0.0179. The van der Waals surface area contributed by atoms with Crippen LogP contribution in [0.4, 0.5) is 0 Å². The van der Waals surface area contributed by atoms with E-state index in [9.17, 15) is 38.7 Å². The van der Waals surface area contributed by atoms with E-state index in [4.69, 9.17) is 29.7 Å². The van der Waals surface area contributed by atoms with Gasteiger partial charge in [0.2, 0.25) is 23.6 Å². The lowest BCUT2D eigenvalue weighted by Gasteiger charge is -2.15. The highest BCUT2D eigenvalue weighted by Crippen LogP contribution is 2.14. The highest BCUT2D eigenvalue weighted by molar-refractivity contribution is 6.06. The highest BCUT2D eigenvalue weighted by atomic mass is 16.4. The smallest absolute Gasteiger partial charge is 0.326 e. The van der Waals surface area contributed by atoms with E-state index in [1.807, 2.05) is 0 Å². The van der Waals surface area contributed by atoms with E-state index in [1.54, 1.807) is 0 Å². The normalized spacial score (nSPS) is 13.1. The number of hydrogen-bond acceptors (Lipinski definition) is 10. The number of carboxylic acid groups (broad SMARTS) is 3. The quantitative estimate of drug-likeness (QED) is 0.0313. The van der Waals surface area contributed by atoms with Crippen LogP contribution in [0.15, 0.2) is 0 Å². The molecule has 0 rings (SSSR count). The molecule has 0 aliphatic heterocycles. The predicted molar refractivity (Wildman–Crippen MR) is 227 cm³/mol. The summed E-state index contributed by atoms with van der Waals surface area (Å²) in [6, 6.07) is -3.36. The van der Waals surface area contributed by atoms with E-state index in [1.165, 1.54) is 44.9 Å². The molecule has 3 unspecified atom stereocenters. The lowest BCUT2D eigenvalue weighted by molar-refractivity contribution is -0.142. The Morgan fingerprint density at radius 2 is 0.814 bits per heavy atom. The largest absolute Gasteiger partial charge is 0.481 e. The number of nitrogens with one attached hydrogen (secondary N) is 5. The first-order chi connectivity index (χ1) is 28.3. The molecule has 0 saturated carbocycles. The van der Waals surface area contributed by atoms with Gasteiger partial charge >= 0.3 is 17.9 Å². The Labute approximate surface area is 352 Å². The Morgan fingerprint density at radius 3 is 1.22 bits per heavy atom. The first kappa shape index (κ1) is 55.2. The van der Waals surface area contributed by atoms with Crippen molar-refractivity contribution in [2.75, 3.05) is 19.6 Å². The molecule has 59 heavy (non-hydrogen) atoms. The molecule has 0 bridgehead atoms. The van der Waals surface area contributed by atoms with Crippen molar-refractivity contribution in [3.63, 3.8) is 0 Å². The molecule has 338 valence electrons. The summed E-state index contributed by atoms with van der Waals surface area (Å²) in [4.78, 5) is 82.3. The maximum Gasteiger partial charge on any atom is 0.326 e. The predicted octanol–water partition coefficient (Wildman–Crippen LogP) is 3.30. The molecule has 0 aromatic heterocycles. The molecule has 4 atom stereocenters. The molecule has 12 N–H and O–H groups in total. The maximum absolute atomic E-state index is 12.4. The van der Waals surface area contributed by atoms with Crippen molar-refractivity contribution in [3.8, 4) is 0 Å². The minimum atomic E-state index is -1.18. The van der Waals surface area contributed by atoms with Gasteiger partial charge in [-0.25, -0.2) is 4.79 Å². The first-order valence-electron chi connectivity index (χ1n) is 22.0. The second kappa shape index (κ2) is 37.3. The number of amides is 4. The van der Waals surface area contributed by atoms with Gasteiger partial charge in [-0.3, -0.25) is 28.8 Å². The summed E-state index contributed by atoms with van der Waals surface area (Å²) in [7, 11) is 5.19. The third-order valence-corrected chi connectivity index (χ3v) is 10.2. The second-order valence-electron chi connectivity index (χ2n) is 15.5. The molecule has 0 aromatic carbocycles. The molecular weight excluding hydrogens is 761 g/mol. The van der Waals surface area contributed by atoms with Crippen molar-refractivity contribution >= 4 is 49.5 Å². The molecule has 0 aliphatic carbocycles. The van der Waals surface area contributed by atoms with Crippen LogP contribution in [0, 0.1) is 0 Å². The molecule has 0 spiro atoms. The maximum atomic E-state index is 12.4. The van der Waals surface area contributed by atoms with Crippen LogP contribution in [0.25, 0.3) is 0 Å². The van der Waals surface area contributed by atoms with Gasteiger partial charge < -0.3 is 53.3 Å². The van der Waals surface area contributed by atoms with Crippen LogP contribution in [0.2, 0.25) is 0 Å².